The number of carbonyl (C=O) groups excluding carboxylic acids is 1. The number of hydrogen-bond donors (Lipinski definition) is 0. The second-order valence-electron chi connectivity index (χ2n) is 3.95. The Morgan fingerprint density at radius 2 is 2.11 bits per heavy atom. The quantitative estimate of drug-likeness (QED) is 0.805. The third-order valence-corrected chi connectivity index (χ3v) is 2.39. The minimum absolute atomic E-state index is 0.0701. The van der Waals surface area contributed by atoms with Gasteiger partial charge in [-0.1, -0.05) is 23.4 Å². The molecule has 0 aliphatic carbocycles. The van der Waals surface area contributed by atoms with Crippen LogP contribution in [0.4, 0.5) is 13.2 Å². The molecule has 0 saturated carbocycles. The first-order chi connectivity index (χ1) is 8.86. The third kappa shape index (κ3) is 3.18. The Morgan fingerprint density at radius 1 is 1.37 bits per heavy atom. The Balaban J connectivity index is 2.21. The van der Waals surface area contributed by atoms with Crippen molar-refractivity contribution in [2.24, 2.45) is 0 Å². The molecule has 1 heterocycles. The van der Waals surface area contributed by atoms with Crippen LogP contribution in [0.5, 0.6) is 0 Å². The lowest BCUT2D eigenvalue weighted by Gasteiger charge is -2.07. The zero-order chi connectivity index (χ0) is 14.0. The maximum atomic E-state index is 12.5. The number of carbonyl (C=O) groups is 1. The first-order valence-corrected chi connectivity index (χ1v) is 5.36. The summed E-state index contributed by atoms with van der Waals surface area (Å²) < 4.78 is 42.2. The Labute approximate surface area is 106 Å². The van der Waals surface area contributed by atoms with E-state index in [0.717, 1.165) is 12.1 Å². The first-order valence-electron chi connectivity index (χ1n) is 5.36. The van der Waals surface area contributed by atoms with Gasteiger partial charge >= 0.3 is 6.18 Å². The van der Waals surface area contributed by atoms with Gasteiger partial charge in [0.2, 0.25) is 5.78 Å². The molecule has 19 heavy (non-hydrogen) atoms. The van der Waals surface area contributed by atoms with Gasteiger partial charge in [0.05, 0.1) is 5.56 Å². The summed E-state index contributed by atoms with van der Waals surface area (Å²) in [4.78, 5) is 14.7. The molecule has 0 aliphatic rings. The van der Waals surface area contributed by atoms with Crippen molar-refractivity contribution in [1.29, 1.82) is 0 Å². The van der Waals surface area contributed by atoms with Gasteiger partial charge in [0.25, 0.3) is 5.89 Å². The SMILES string of the molecule is CC(=O)c1nc(Cc2cccc(C(F)(F)F)c2)no1. The van der Waals surface area contributed by atoms with E-state index >= 15 is 0 Å². The summed E-state index contributed by atoms with van der Waals surface area (Å²) in [6.07, 6.45) is -4.32. The van der Waals surface area contributed by atoms with Crippen molar-refractivity contribution in [1.82, 2.24) is 10.1 Å². The van der Waals surface area contributed by atoms with Crippen molar-refractivity contribution < 1.29 is 22.5 Å². The highest BCUT2D eigenvalue weighted by molar-refractivity contribution is 5.89. The van der Waals surface area contributed by atoms with Gasteiger partial charge in [0.1, 0.15) is 0 Å². The highest BCUT2D eigenvalue weighted by atomic mass is 19.4. The fourth-order valence-electron chi connectivity index (χ4n) is 1.51. The second-order valence-corrected chi connectivity index (χ2v) is 3.95. The van der Waals surface area contributed by atoms with E-state index in [0.29, 0.717) is 5.56 Å². The number of alkyl halides is 3. The molecule has 7 heteroatoms. The molecular weight excluding hydrogens is 261 g/mol. The van der Waals surface area contributed by atoms with Crippen molar-refractivity contribution in [3.8, 4) is 0 Å². The van der Waals surface area contributed by atoms with Gasteiger partial charge in [0.15, 0.2) is 5.82 Å². The largest absolute Gasteiger partial charge is 0.416 e. The minimum Gasteiger partial charge on any atom is -0.331 e. The average molecular weight is 270 g/mol. The van der Waals surface area contributed by atoms with Crippen molar-refractivity contribution in [3.05, 3.63) is 47.1 Å². The molecular formula is C12H9F3N2O2. The van der Waals surface area contributed by atoms with Crippen LogP contribution in [0.25, 0.3) is 0 Å². The second kappa shape index (κ2) is 4.83. The highest BCUT2D eigenvalue weighted by Crippen LogP contribution is 2.29. The Kier molecular flexibility index (Phi) is 3.37. The molecule has 2 aromatic rings. The van der Waals surface area contributed by atoms with Crippen LogP contribution >= 0.6 is 0 Å². The molecule has 0 fully saturated rings. The van der Waals surface area contributed by atoms with Crippen LogP contribution in [0.15, 0.2) is 28.8 Å². The fraction of sp³-hybridized carbons (Fsp3) is 0.250. The monoisotopic (exact) mass is 270 g/mol. The van der Waals surface area contributed by atoms with E-state index < -0.39 is 11.7 Å². The van der Waals surface area contributed by atoms with Crippen molar-refractivity contribution in [3.63, 3.8) is 0 Å². The number of rotatable bonds is 3. The molecule has 1 aromatic carbocycles. The Bertz CT molecular complexity index is 605. The van der Waals surface area contributed by atoms with Crippen LogP contribution in [0.1, 0.15) is 34.6 Å². The number of hydrogen-bond acceptors (Lipinski definition) is 4. The molecule has 0 aliphatic heterocycles. The summed E-state index contributed by atoms with van der Waals surface area (Å²) in [5, 5.41) is 3.54. The average Bonchev–Trinajstić information content (AvgIpc) is 2.77. The van der Waals surface area contributed by atoms with Crippen molar-refractivity contribution in [2.75, 3.05) is 0 Å². The fourth-order valence-corrected chi connectivity index (χ4v) is 1.51. The van der Waals surface area contributed by atoms with E-state index in [2.05, 4.69) is 14.7 Å². The first kappa shape index (κ1) is 13.3. The van der Waals surface area contributed by atoms with Crippen LogP contribution in [-0.4, -0.2) is 15.9 Å². The molecule has 0 spiro atoms. The van der Waals surface area contributed by atoms with Crippen LogP contribution in [0, 0.1) is 0 Å². The van der Waals surface area contributed by atoms with Gasteiger partial charge in [-0.2, -0.15) is 18.2 Å². The van der Waals surface area contributed by atoms with Gasteiger partial charge in [-0.25, -0.2) is 0 Å². The summed E-state index contributed by atoms with van der Waals surface area (Å²) in [6, 6.07) is 4.84. The number of halogens is 3. The topological polar surface area (TPSA) is 56.0 Å². The third-order valence-electron chi connectivity index (χ3n) is 2.39. The maximum Gasteiger partial charge on any atom is 0.416 e. The smallest absolute Gasteiger partial charge is 0.331 e. The summed E-state index contributed by atoms with van der Waals surface area (Å²) in [5.41, 5.74) is -0.342. The van der Waals surface area contributed by atoms with E-state index in [1.54, 1.807) is 0 Å². The lowest BCUT2D eigenvalue weighted by Crippen LogP contribution is -2.05. The predicted octanol–water partition coefficient (Wildman–Crippen LogP) is 2.88. The lowest BCUT2D eigenvalue weighted by atomic mass is 10.1. The molecule has 0 bridgehead atoms. The molecule has 0 atom stereocenters. The van der Waals surface area contributed by atoms with Crippen LogP contribution in [0.2, 0.25) is 0 Å². The molecule has 100 valence electrons. The van der Waals surface area contributed by atoms with E-state index in [9.17, 15) is 18.0 Å². The number of ketones is 1. The van der Waals surface area contributed by atoms with Gasteiger partial charge in [-0.15, -0.1) is 0 Å². The predicted molar refractivity (Wildman–Crippen MR) is 58.6 cm³/mol. The zero-order valence-corrected chi connectivity index (χ0v) is 9.86. The van der Waals surface area contributed by atoms with E-state index in [1.807, 2.05) is 0 Å². The summed E-state index contributed by atoms with van der Waals surface area (Å²) in [7, 11) is 0. The Hall–Kier alpha value is -2.18. The summed E-state index contributed by atoms with van der Waals surface area (Å²) >= 11 is 0. The van der Waals surface area contributed by atoms with Crippen LogP contribution in [0.3, 0.4) is 0 Å². The summed E-state index contributed by atoms with van der Waals surface area (Å²) in [5.74, 6) is -0.366. The molecule has 2 rings (SSSR count). The number of nitrogens with zero attached hydrogens (tertiary/aromatic N) is 2. The van der Waals surface area contributed by atoms with E-state index in [4.69, 9.17) is 0 Å². The van der Waals surface area contributed by atoms with Gasteiger partial charge in [-0.3, -0.25) is 4.79 Å². The van der Waals surface area contributed by atoms with E-state index in [-0.39, 0.29) is 23.9 Å². The van der Waals surface area contributed by atoms with Crippen molar-refractivity contribution >= 4 is 5.78 Å². The van der Waals surface area contributed by atoms with Crippen LogP contribution in [-0.2, 0) is 12.6 Å². The van der Waals surface area contributed by atoms with Crippen molar-refractivity contribution in [2.45, 2.75) is 19.5 Å². The molecule has 0 amide bonds. The van der Waals surface area contributed by atoms with E-state index in [1.165, 1.54) is 19.1 Å². The number of benzene rings is 1. The van der Waals surface area contributed by atoms with Gasteiger partial charge in [0, 0.05) is 13.3 Å². The molecule has 0 radical (unpaired) electrons. The lowest BCUT2D eigenvalue weighted by molar-refractivity contribution is -0.137. The molecule has 0 unspecified atom stereocenters. The normalized spacial score (nSPS) is 11.6. The highest BCUT2D eigenvalue weighted by Gasteiger charge is 2.30. The maximum absolute atomic E-state index is 12.5. The molecule has 4 nitrogen and oxygen atoms in total. The zero-order valence-electron chi connectivity index (χ0n) is 9.86. The minimum atomic E-state index is -4.39. The number of Topliss-reactive ketones (excluding diaryl/α,β-unsaturated/α-hetero) is 1. The van der Waals surface area contributed by atoms with Crippen LogP contribution < -0.4 is 0 Å². The summed E-state index contributed by atoms with van der Waals surface area (Å²) in [6.45, 7) is 1.27. The number of aromatic nitrogens is 2. The van der Waals surface area contributed by atoms with Gasteiger partial charge < -0.3 is 4.52 Å². The Morgan fingerprint density at radius 3 is 2.68 bits per heavy atom. The standard InChI is InChI=1S/C12H9F3N2O2/c1-7(18)11-16-10(17-19-11)6-8-3-2-4-9(5-8)12(13,14)15/h2-5H,6H2,1H3. The molecule has 1 aromatic heterocycles. The molecule has 0 N–H and O–H groups in total. The van der Waals surface area contributed by atoms with Gasteiger partial charge in [-0.05, 0) is 11.6 Å². The molecule has 0 saturated heterocycles.